The van der Waals surface area contributed by atoms with Gasteiger partial charge in [-0.05, 0) is 52.4 Å². The van der Waals surface area contributed by atoms with Gasteiger partial charge < -0.3 is 4.74 Å². The zero-order valence-electron chi connectivity index (χ0n) is 20.9. The Balaban J connectivity index is 1.30. The summed E-state index contributed by atoms with van der Waals surface area (Å²) in [4.78, 5) is -0.222. The maximum Gasteiger partial charge on any atom is 0.132 e. The van der Waals surface area contributed by atoms with Crippen molar-refractivity contribution in [2.75, 3.05) is 0 Å². The van der Waals surface area contributed by atoms with Crippen molar-refractivity contribution in [1.29, 1.82) is 0 Å². The van der Waals surface area contributed by atoms with Gasteiger partial charge in [-0.25, -0.2) is 10.9 Å². The molecule has 2 heterocycles. The molecule has 3 aliphatic rings. The fourth-order valence-corrected chi connectivity index (χ4v) is 7.85. The number of fused-ring (bicyclic) bond motifs is 9. The second-order valence-corrected chi connectivity index (χ2v) is 11.9. The minimum atomic E-state index is -0.414. The Hall–Kier alpha value is -3.83. The first-order valence-electron chi connectivity index (χ1n) is 13.1. The van der Waals surface area contributed by atoms with Gasteiger partial charge in [-0.3, -0.25) is 0 Å². The first kappa shape index (κ1) is 22.2. The molecule has 5 aromatic rings. The molecule has 8 rings (SSSR count). The summed E-state index contributed by atoms with van der Waals surface area (Å²) < 4.78 is 6.67. The molecule has 1 fully saturated rings. The summed E-state index contributed by atoms with van der Waals surface area (Å²) in [6, 6.07) is 43.6. The van der Waals surface area contributed by atoms with Crippen LogP contribution in [0.15, 0.2) is 121 Å². The second kappa shape index (κ2) is 8.08. The Morgan fingerprint density at radius 3 is 1.97 bits per heavy atom. The third-order valence-corrected chi connectivity index (χ3v) is 9.73. The summed E-state index contributed by atoms with van der Waals surface area (Å²) in [5.41, 5.74) is 16.7. The minimum Gasteiger partial charge on any atom is -0.457 e. The number of rotatable bonds is 2. The molecule has 4 heteroatoms. The van der Waals surface area contributed by atoms with Gasteiger partial charge in [0, 0.05) is 11.1 Å². The highest BCUT2D eigenvalue weighted by atomic mass is 32.2. The summed E-state index contributed by atoms with van der Waals surface area (Å²) in [7, 11) is 0. The molecule has 2 unspecified atom stereocenters. The van der Waals surface area contributed by atoms with Crippen molar-refractivity contribution in [1.82, 2.24) is 10.9 Å². The number of ether oxygens (including phenoxy) is 1. The first-order valence-corrected chi connectivity index (χ1v) is 13.9. The Kier molecular flexibility index (Phi) is 4.72. The van der Waals surface area contributed by atoms with Crippen LogP contribution in [-0.4, -0.2) is 0 Å². The second-order valence-electron chi connectivity index (χ2n) is 10.4. The van der Waals surface area contributed by atoms with Gasteiger partial charge >= 0.3 is 0 Å². The van der Waals surface area contributed by atoms with Crippen LogP contribution in [0.4, 0.5) is 0 Å². The number of hydrogen-bond donors (Lipinski definition) is 2. The van der Waals surface area contributed by atoms with Crippen molar-refractivity contribution in [2.24, 2.45) is 0 Å². The van der Waals surface area contributed by atoms with E-state index in [1.165, 1.54) is 44.5 Å². The molecule has 184 valence electrons. The highest BCUT2D eigenvalue weighted by molar-refractivity contribution is 8.00. The van der Waals surface area contributed by atoms with Gasteiger partial charge in [-0.2, -0.15) is 0 Å². The number of para-hydroxylation sites is 1. The molecule has 0 radical (unpaired) electrons. The Morgan fingerprint density at radius 2 is 1.24 bits per heavy atom. The normalized spacial score (nSPS) is 21.8. The van der Waals surface area contributed by atoms with Gasteiger partial charge in [0.15, 0.2) is 0 Å². The predicted octanol–water partition coefficient (Wildman–Crippen LogP) is 7.87. The molecule has 2 aliphatic heterocycles. The fourth-order valence-electron chi connectivity index (χ4n) is 6.59. The number of thioether (sulfide) groups is 1. The van der Waals surface area contributed by atoms with Gasteiger partial charge in [0.2, 0.25) is 0 Å². The SMILES string of the molecule is CC1(c2ccccc2)NNC(c2ccc3c(c2)Oc2ccccc2C32c3ccccc3-c3ccccc32)S1. The summed E-state index contributed by atoms with van der Waals surface area (Å²) in [6.07, 6.45) is 0. The molecule has 2 atom stereocenters. The highest BCUT2D eigenvalue weighted by Crippen LogP contribution is 2.62. The quantitative estimate of drug-likeness (QED) is 0.248. The largest absolute Gasteiger partial charge is 0.457 e. The van der Waals surface area contributed by atoms with E-state index in [0.29, 0.717) is 0 Å². The van der Waals surface area contributed by atoms with E-state index in [1.807, 2.05) is 11.8 Å². The lowest BCUT2D eigenvalue weighted by molar-refractivity contribution is 0.433. The number of hydrazine groups is 1. The van der Waals surface area contributed by atoms with Crippen LogP contribution in [0.2, 0.25) is 0 Å². The molecule has 1 spiro atoms. The summed E-state index contributed by atoms with van der Waals surface area (Å²) in [5.74, 6) is 1.84. The van der Waals surface area contributed by atoms with Crippen molar-refractivity contribution in [2.45, 2.75) is 22.6 Å². The molecule has 0 bridgehead atoms. The van der Waals surface area contributed by atoms with Crippen molar-refractivity contribution in [3.05, 3.63) is 155 Å². The minimum absolute atomic E-state index is 0.0883. The van der Waals surface area contributed by atoms with E-state index in [2.05, 4.69) is 139 Å². The third kappa shape index (κ3) is 2.94. The van der Waals surface area contributed by atoms with E-state index in [1.54, 1.807) is 0 Å². The zero-order chi connectivity index (χ0) is 25.3. The third-order valence-electron chi connectivity index (χ3n) is 8.30. The molecule has 38 heavy (non-hydrogen) atoms. The Labute approximate surface area is 226 Å². The number of nitrogens with one attached hydrogen (secondary N) is 2. The van der Waals surface area contributed by atoms with E-state index < -0.39 is 5.41 Å². The molecule has 0 saturated carbocycles. The van der Waals surface area contributed by atoms with Crippen LogP contribution in [0.5, 0.6) is 11.5 Å². The average molecular weight is 511 g/mol. The monoisotopic (exact) mass is 510 g/mol. The highest BCUT2D eigenvalue weighted by Gasteiger charge is 2.51. The van der Waals surface area contributed by atoms with Crippen LogP contribution in [-0.2, 0) is 10.3 Å². The number of hydrogen-bond acceptors (Lipinski definition) is 4. The van der Waals surface area contributed by atoms with Crippen LogP contribution >= 0.6 is 11.8 Å². The van der Waals surface area contributed by atoms with E-state index >= 15 is 0 Å². The van der Waals surface area contributed by atoms with E-state index in [9.17, 15) is 0 Å². The van der Waals surface area contributed by atoms with Gasteiger partial charge in [-0.15, -0.1) is 11.8 Å². The van der Waals surface area contributed by atoms with Crippen molar-refractivity contribution in [3.8, 4) is 22.6 Å². The van der Waals surface area contributed by atoms with Crippen molar-refractivity contribution in [3.63, 3.8) is 0 Å². The zero-order valence-corrected chi connectivity index (χ0v) is 21.8. The van der Waals surface area contributed by atoms with Gasteiger partial charge in [0.1, 0.15) is 16.4 Å². The molecular formula is C34H26N2OS. The lowest BCUT2D eigenvalue weighted by Gasteiger charge is -2.39. The van der Waals surface area contributed by atoms with Crippen LogP contribution in [0.1, 0.15) is 45.7 Å². The van der Waals surface area contributed by atoms with Crippen molar-refractivity contribution >= 4 is 11.8 Å². The van der Waals surface area contributed by atoms with Gasteiger partial charge in [-0.1, -0.05) is 109 Å². The maximum absolute atomic E-state index is 6.67. The van der Waals surface area contributed by atoms with Crippen LogP contribution < -0.4 is 15.6 Å². The fraction of sp³-hybridized carbons (Fsp3) is 0.118. The lowest BCUT2D eigenvalue weighted by Crippen LogP contribution is -2.37. The molecule has 1 aliphatic carbocycles. The summed E-state index contributed by atoms with van der Waals surface area (Å²) in [6.45, 7) is 2.23. The van der Waals surface area contributed by atoms with Gasteiger partial charge in [0.25, 0.3) is 0 Å². The molecule has 1 saturated heterocycles. The summed E-state index contributed by atoms with van der Waals surface area (Å²) in [5, 5.41) is 0.0883. The average Bonchev–Trinajstić information content (AvgIpc) is 3.52. The van der Waals surface area contributed by atoms with Crippen molar-refractivity contribution < 1.29 is 4.74 Å². The molecule has 5 aromatic carbocycles. The van der Waals surface area contributed by atoms with E-state index in [0.717, 1.165) is 11.5 Å². The smallest absolute Gasteiger partial charge is 0.132 e. The molecular weight excluding hydrogens is 484 g/mol. The van der Waals surface area contributed by atoms with Gasteiger partial charge in [0.05, 0.1) is 10.8 Å². The molecule has 0 aromatic heterocycles. The van der Waals surface area contributed by atoms with E-state index in [-0.39, 0.29) is 10.2 Å². The topological polar surface area (TPSA) is 33.3 Å². The first-order chi connectivity index (χ1) is 18.7. The van der Waals surface area contributed by atoms with E-state index in [4.69, 9.17) is 4.74 Å². The maximum atomic E-state index is 6.67. The predicted molar refractivity (Wildman–Crippen MR) is 154 cm³/mol. The Bertz CT molecular complexity index is 1670. The summed E-state index contributed by atoms with van der Waals surface area (Å²) >= 11 is 1.88. The van der Waals surface area contributed by atoms with Crippen LogP contribution in [0.3, 0.4) is 0 Å². The lowest BCUT2D eigenvalue weighted by atomic mass is 9.66. The van der Waals surface area contributed by atoms with Crippen LogP contribution in [0.25, 0.3) is 11.1 Å². The molecule has 0 amide bonds. The molecule has 2 N–H and O–H groups in total. The Morgan fingerprint density at radius 1 is 0.632 bits per heavy atom. The molecule has 3 nitrogen and oxygen atoms in total. The van der Waals surface area contributed by atoms with Crippen LogP contribution in [0, 0.1) is 0 Å². The standard InChI is InChI=1S/C34H26N2OS/c1-33(23-11-3-2-4-12-23)36-35-32(38-33)22-19-20-29-31(21-22)37-30-18-10-9-17-28(30)34(29)26-15-7-5-13-24(26)25-14-6-8-16-27(25)34/h2-21,32,35-36H,1H3. The number of benzene rings is 5.